The van der Waals surface area contributed by atoms with Crippen LogP contribution in [0, 0.1) is 10.9 Å². The first-order valence-corrected chi connectivity index (χ1v) is 8.85. The number of nitrogens with zero attached hydrogens (tertiary/aromatic N) is 3. The number of hydrogen-bond donors (Lipinski definition) is 0. The molecular weight excluding hydrogens is 330 g/mol. The van der Waals surface area contributed by atoms with Gasteiger partial charge in [0.25, 0.3) is 0 Å². The Morgan fingerprint density at radius 2 is 2.17 bits per heavy atom. The zero-order chi connectivity index (χ0) is 16.4. The van der Waals surface area contributed by atoms with Crippen molar-refractivity contribution in [2.75, 3.05) is 20.8 Å². The minimum absolute atomic E-state index is 0.319. The lowest BCUT2D eigenvalue weighted by molar-refractivity contribution is 0.187. The van der Waals surface area contributed by atoms with Gasteiger partial charge in [-0.2, -0.15) is 5.10 Å². The summed E-state index contributed by atoms with van der Waals surface area (Å²) in [4.78, 5) is 2.42. The van der Waals surface area contributed by atoms with Crippen molar-refractivity contribution in [1.82, 2.24) is 14.7 Å². The van der Waals surface area contributed by atoms with E-state index in [4.69, 9.17) is 21.7 Å². The molecule has 0 radical (unpaired) electrons. The molecule has 0 saturated carbocycles. The molecule has 1 atom stereocenters. The van der Waals surface area contributed by atoms with Crippen LogP contribution >= 0.6 is 23.6 Å². The van der Waals surface area contributed by atoms with Gasteiger partial charge in [0.2, 0.25) is 0 Å². The normalized spacial score (nSPS) is 18.3. The lowest BCUT2D eigenvalue weighted by Gasteiger charge is -2.26. The molecule has 7 heteroatoms. The van der Waals surface area contributed by atoms with Crippen molar-refractivity contribution in [3.8, 4) is 11.5 Å². The molecular formula is C16H21N3O2S2. The highest BCUT2D eigenvalue weighted by Gasteiger charge is 2.29. The third-order valence-electron chi connectivity index (χ3n) is 4.19. The summed E-state index contributed by atoms with van der Waals surface area (Å²) >= 11 is 6.96. The number of aryl methyl sites for hydroxylation is 1. The molecule has 1 aliphatic heterocycles. The summed E-state index contributed by atoms with van der Waals surface area (Å²) in [7, 11) is 3.38. The van der Waals surface area contributed by atoms with Gasteiger partial charge in [-0.15, -0.1) is 0 Å². The zero-order valence-electron chi connectivity index (χ0n) is 13.6. The molecule has 0 aliphatic carbocycles. The van der Waals surface area contributed by atoms with E-state index in [1.807, 2.05) is 23.7 Å². The number of hydrogen-bond acceptors (Lipinski definition) is 6. The summed E-state index contributed by atoms with van der Waals surface area (Å²) in [6.45, 7) is 3.76. The summed E-state index contributed by atoms with van der Waals surface area (Å²) in [5.41, 5.74) is 1.20. The van der Waals surface area contributed by atoms with Crippen LogP contribution in [0.5, 0.6) is 11.5 Å². The summed E-state index contributed by atoms with van der Waals surface area (Å²) < 4.78 is 13.6. The lowest BCUT2D eigenvalue weighted by Crippen LogP contribution is -2.27. The van der Waals surface area contributed by atoms with Gasteiger partial charge in [-0.1, -0.05) is 17.4 Å². The monoisotopic (exact) mass is 351 g/mol. The van der Waals surface area contributed by atoms with Gasteiger partial charge in [-0.05, 0) is 38.0 Å². The number of rotatable bonds is 5. The van der Waals surface area contributed by atoms with Gasteiger partial charge in [0.05, 0.1) is 20.9 Å². The van der Waals surface area contributed by atoms with E-state index in [1.165, 1.54) is 5.56 Å². The molecule has 0 amide bonds. The first-order chi connectivity index (χ1) is 11.1. The standard InChI is InChI=1S/C16H21N3O2S2/c1-11-17-19(16(22)23-11)10-18-8-4-5-14(18)13-7-6-12(20-2)9-15(13)21-3/h6-7,9,14H,4-5,8,10H2,1-3H3/t14-/m0/s1. The Bertz CT molecular complexity index is 741. The van der Waals surface area contributed by atoms with E-state index < -0.39 is 0 Å². The van der Waals surface area contributed by atoms with Gasteiger partial charge in [-0.3, -0.25) is 4.90 Å². The van der Waals surface area contributed by atoms with Crippen LogP contribution < -0.4 is 9.47 Å². The average Bonchev–Trinajstić information content (AvgIpc) is 3.13. The van der Waals surface area contributed by atoms with E-state index in [1.54, 1.807) is 25.6 Å². The summed E-state index contributed by atoms with van der Waals surface area (Å²) in [5.74, 6) is 1.69. The second-order valence-electron chi connectivity index (χ2n) is 5.61. The maximum Gasteiger partial charge on any atom is 0.180 e. The van der Waals surface area contributed by atoms with Gasteiger partial charge < -0.3 is 9.47 Å². The predicted molar refractivity (Wildman–Crippen MR) is 93.9 cm³/mol. The molecule has 1 aliphatic rings. The number of aromatic nitrogens is 2. The highest BCUT2D eigenvalue weighted by atomic mass is 32.1. The Morgan fingerprint density at radius 1 is 1.35 bits per heavy atom. The third kappa shape index (κ3) is 3.41. The van der Waals surface area contributed by atoms with Crippen molar-refractivity contribution in [1.29, 1.82) is 0 Å². The molecule has 0 spiro atoms. The molecule has 1 fully saturated rings. The second kappa shape index (κ2) is 6.98. The Morgan fingerprint density at radius 3 is 2.83 bits per heavy atom. The van der Waals surface area contributed by atoms with Crippen LogP contribution in [0.2, 0.25) is 0 Å². The van der Waals surface area contributed by atoms with Gasteiger partial charge in [0.15, 0.2) is 3.95 Å². The molecule has 0 unspecified atom stereocenters. The quantitative estimate of drug-likeness (QED) is 0.766. The SMILES string of the molecule is COc1ccc([C@@H]2CCCN2Cn2nc(C)sc2=S)c(OC)c1. The van der Waals surface area contributed by atoms with Gasteiger partial charge in [0, 0.05) is 24.2 Å². The Hall–Kier alpha value is -1.44. The zero-order valence-corrected chi connectivity index (χ0v) is 15.2. The van der Waals surface area contributed by atoms with Crippen LogP contribution in [-0.2, 0) is 6.67 Å². The third-order valence-corrected chi connectivity index (χ3v) is 5.41. The average molecular weight is 351 g/mol. The van der Waals surface area contributed by atoms with Crippen LogP contribution in [0.15, 0.2) is 18.2 Å². The minimum Gasteiger partial charge on any atom is -0.497 e. The van der Waals surface area contributed by atoms with Gasteiger partial charge >= 0.3 is 0 Å². The summed E-state index contributed by atoms with van der Waals surface area (Å²) in [5, 5.41) is 5.52. The van der Waals surface area contributed by atoms with E-state index in [-0.39, 0.29) is 0 Å². The Labute approximate surface area is 145 Å². The van der Waals surface area contributed by atoms with Crippen molar-refractivity contribution in [3.05, 3.63) is 32.7 Å². The molecule has 1 saturated heterocycles. The maximum atomic E-state index is 5.58. The lowest BCUT2D eigenvalue weighted by atomic mass is 10.0. The molecule has 2 heterocycles. The van der Waals surface area contributed by atoms with Crippen LogP contribution in [0.4, 0.5) is 0 Å². The largest absolute Gasteiger partial charge is 0.497 e. The highest BCUT2D eigenvalue weighted by Crippen LogP contribution is 2.38. The van der Waals surface area contributed by atoms with E-state index >= 15 is 0 Å². The number of benzene rings is 1. The molecule has 5 nitrogen and oxygen atoms in total. The topological polar surface area (TPSA) is 39.5 Å². The smallest absolute Gasteiger partial charge is 0.180 e. The minimum atomic E-state index is 0.319. The van der Waals surface area contributed by atoms with Gasteiger partial charge in [0.1, 0.15) is 16.5 Å². The second-order valence-corrected chi connectivity index (χ2v) is 7.43. The van der Waals surface area contributed by atoms with Crippen LogP contribution in [-0.4, -0.2) is 35.4 Å². The fraction of sp³-hybridized carbons (Fsp3) is 0.500. The number of likely N-dealkylation sites (tertiary alicyclic amines) is 1. The van der Waals surface area contributed by atoms with Crippen LogP contribution in [0.1, 0.15) is 29.5 Å². The van der Waals surface area contributed by atoms with Crippen molar-refractivity contribution in [2.24, 2.45) is 0 Å². The number of methoxy groups -OCH3 is 2. The van der Waals surface area contributed by atoms with Crippen LogP contribution in [0.25, 0.3) is 0 Å². The molecule has 124 valence electrons. The van der Waals surface area contributed by atoms with Crippen LogP contribution in [0.3, 0.4) is 0 Å². The fourth-order valence-corrected chi connectivity index (χ4v) is 4.17. The molecule has 0 N–H and O–H groups in total. The Kier molecular flexibility index (Phi) is 4.99. The first-order valence-electron chi connectivity index (χ1n) is 7.63. The summed E-state index contributed by atoms with van der Waals surface area (Å²) in [6, 6.07) is 6.36. The molecule has 1 aromatic heterocycles. The van der Waals surface area contributed by atoms with E-state index in [0.29, 0.717) is 6.04 Å². The maximum absolute atomic E-state index is 5.58. The van der Waals surface area contributed by atoms with E-state index in [2.05, 4.69) is 16.1 Å². The van der Waals surface area contributed by atoms with Crippen molar-refractivity contribution in [3.63, 3.8) is 0 Å². The fourth-order valence-electron chi connectivity index (χ4n) is 3.11. The first kappa shape index (κ1) is 16.4. The van der Waals surface area contributed by atoms with Crippen molar-refractivity contribution < 1.29 is 9.47 Å². The molecule has 0 bridgehead atoms. The molecule has 23 heavy (non-hydrogen) atoms. The molecule has 1 aromatic carbocycles. The van der Waals surface area contributed by atoms with Crippen molar-refractivity contribution >= 4 is 23.6 Å². The Balaban J connectivity index is 1.87. The molecule has 3 rings (SSSR count). The van der Waals surface area contributed by atoms with E-state index in [0.717, 1.165) is 46.5 Å². The number of ether oxygens (including phenoxy) is 2. The van der Waals surface area contributed by atoms with Gasteiger partial charge in [-0.25, -0.2) is 4.68 Å². The summed E-state index contributed by atoms with van der Waals surface area (Å²) in [6.07, 6.45) is 2.27. The highest BCUT2D eigenvalue weighted by molar-refractivity contribution is 7.73. The predicted octanol–water partition coefficient (Wildman–Crippen LogP) is 3.79. The van der Waals surface area contributed by atoms with Crippen molar-refractivity contribution in [2.45, 2.75) is 32.5 Å². The van der Waals surface area contributed by atoms with E-state index in [9.17, 15) is 0 Å². The molecule has 2 aromatic rings.